The highest BCUT2D eigenvalue weighted by Crippen LogP contribution is 2.14. The molecule has 0 aromatic carbocycles. The minimum absolute atomic E-state index is 0.348. The van der Waals surface area contributed by atoms with Gasteiger partial charge < -0.3 is 4.74 Å². The molecule has 1 aromatic rings. The van der Waals surface area contributed by atoms with Gasteiger partial charge in [0.15, 0.2) is 0 Å². The van der Waals surface area contributed by atoms with E-state index >= 15 is 0 Å². The highest BCUT2D eigenvalue weighted by atomic mass is 32.1. The standard InChI is InChI=1S/C10H14N2O2S/c1-3-8-5-6-9(15-8)7-11-12-10(13)14-4-2/h5-7H,3-4H2,1-2H3,(H,12,13)/b11-7+. The normalized spacial score (nSPS) is 10.5. The number of hydrogen-bond donors (Lipinski definition) is 1. The molecule has 0 unspecified atom stereocenters. The number of hydrazone groups is 1. The molecule has 1 heterocycles. The number of ether oxygens (including phenoxy) is 1. The Morgan fingerprint density at radius 2 is 2.40 bits per heavy atom. The zero-order valence-corrected chi connectivity index (χ0v) is 9.63. The van der Waals surface area contributed by atoms with Gasteiger partial charge in [0.1, 0.15) is 0 Å². The Morgan fingerprint density at radius 3 is 3.00 bits per heavy atom. The summed E-state index contributed by atoms with van der Waals surface area (Å²) in [6, 6.07) is 4.02. The van der Waals surface area contributed by atoms with Gasteiger partial charge in [-0.15, -0.1) is 11.3 Å². The maximum absolute atomic E-state index is 10.9. The first-order chi connectivity index (χ1) is 7.26. The first kappa shape index (κ1) is 11.7. The fraction of sp³-hybridized carbons (Fsp3) is 0.400. The quantitative estimate of drug-likeness (QED) is 0.633. The van der Waals surface area contributed by atoms with Crippen molar-refractivity contribution in [2.24, 2.45) is 5.10 Å². The second-order valence-electron chi connectivity index (χ2n) is 2.75. The van der Waals surface area contributed by atoms with Crippen LogP contribution in [0.5, 0.6) is 0 Å². The van der Waals surface area contributed by atoms with Crippen molar-refractivity contribution in [1.29, 1.82) is 0 Å². The van der Waals surface area contributed by atoms with Gasteiger partial charge in [-0.25, -0.2) is 10.2 Å². The first-order valence-corrected chi connectivity index (χ1v) is 5.62. The average molecular weight is 226 g/mol. The van der Waals surface area contributed by atoms with Gasteiger partial charge in [-0.1, -0.05) is 6.92 Å². The molecule has 0 aliphatic heterocycles. The topological polar surface area (TPSA) is 50.7 Å². The molecule has 0 saturated carbocycles. The predicted octanol–water partition coefficient (Wildman–Crippen LogP) is 2.39. The Kier molecular flexibility index (Phi) is 4.83. The average Bonchev–Trinajstić information content (AvgIpc) is 2.66. The Morgan fingerprint density at radius 1 is 1.60 bits per heavy atom. The lowest BCUT2D eigenvalue weighted by atomic mass is 10.4. The van der Waals surface area contributed by atoms with Gasteiger partial charge in [-0.3, -0.25) is 0 Å². The van der Waals surface area contributed by atoms with Gasteiger partial charge in [-0.05, 0) is 25.5 Å². The number of thiophene rings is 1. The molecule has 0 spiro atoms. The maximum Gasteiger partial charge on any atom is 0.427 e. The van der Waals surface area contributed by atoms with E-state index in [-0.39, 0.29) is 0 Å². The van der Waals surface area contributed by atoms with Crippen LogP contribution < -0.4 is 5.43 Å². The third kappa shape index (κ3) is 4.12. The fourth-order valence-corrected chi connectivity index (χ4v) is 1.79. The molecular weight excluding hydrogens is 212 g/mol. The highest BCUT2D eigenvalue weighted by molar-refractivity contribution is 7.13. The summed E-state index contributed by atoms with van der Waals surface area (Å²) in [4.78, 5) is 13.2. The number of rotatable bonds is 4. The van der Waals surface area contributed by atoms with Crippen LogP contribution in [0.15, 0.2) is 17.2 Å². The zero-order valence-electron chi connectivity index (χ0n) is 8.82. The molecule has 15 heavy (non-hydrogen) atoms. The van der Waals surface area contributed by atoms with Crippen LogP contribution in [0.2, 0.25) is 0 Å². The molecule has 0 fully saturated rings. The van der Waals surface area contributed by atoms with Gasteiger partial charge in [0.25, 0.3) is 0 Å². The molecule has 82 valence electrons. The van der Waals surface area contributed by atoms with Crippen molar-refractivity contribution >= 4 is 23.6 Å². The summed E-state index contributed by atoms with van der Waals surface area (Å²) >= 11 is 1.66. The molecule has 0 atom stereocenters. The number of hydrogen-bond acceptors (Lipinski definition) is 4. The number of aryl methyl sites for hydroxylation is 1. The van der Waals surface area contributed by atoms with Crippen LogP contribution in [0, 0.1) is 0 Å². The number of carbonyl (C=O) groups is 1. The monoisotopic (exact) mass is 226 g/mol. The van der Waals surface area contributed by atoms with E-state index in [1.54, 1.807) is 24.5 Å². The van der Waals surface area contributed by atoms with E-state index < -0.39 is 6.09 Å². The summed E-state index contributed by atoms with van der Waals surface area (Å²) in [5, 5.41) is 3.77. The zero-order chi connectivity index (χ0) is 11.1. The van der Waals surface area contributed by atoms with Crippen LogP contribution in [-0.4, -0.2) is 18.9 Å². The molecular formula is C10H14N2O2S. The van der Waals surface area contributed by atoms with Crippen molar-refractivity contribution in [3.8, 4) is 0 Å². The minimum atomic E-state index is -0.527. The van der Waals surface area contributed by atoms with Crippen LogP contribution in [0.3, 0.4) is 0 Å². The van der Waals surface area contributed by atoms with E-state index in [2.05, 4.69) is 28.3 Å². The van der Waals surface area contributed by atoms with Crippen LogP contribution in [0.25, 0.3) is 0 Å². The third-order valence-electron chi connectivity index (χ3n) is 1.65. The molecule has 1 amide bonds. The number of nitrogens with one attached hydrogen (secondary N) is 1. The van der Waals surface area contributed by atoms with Crippen molar-refractivity contribution in [2.75, 3.05) is 6.61 Å². The van der Waals surface area contributed by atoms with Crippen molar-refractivity contribution < 1.29 is 9.53 Å². The van der Waals surface area contributed by atoms with E-state index in [9.17, 15) is 4.79 Å². The Labute approximate surface area is 93.0 Å². The molecule has 4 nitrogen and oxygen atoms in total. The Hall–Kier alpha value is -1.36. The summed E-state index contributed by atoms with van der Waals surface area (Å²) in [5.74, 6) is 0. The molecule has 1 aromatic heterocycles. The van der Waals surface area contributed by atoms with E-state index in [4.69, 9.17) is 0 Å². The molecule has 5 heteroatoms. The lowest BCUT2D eigenvalue weighted by molar-refractivity contribution is 0.152. The second kappa shape index (κ2) is 6.19. The van der Waals surface area contributed by atoms with Crippen molar-refractivity contribution in [3.63, 3.8) is 0 Å². The van der Waals surface area contributed by atoms with Crippen molar-refractivity contribution in [2.45, 2.75) is 20.3 Å². The van der Waals surface area contributed by atoms with E-state index in [1.165, 1.54) is 4.88 Å². The Balaban J connectivity index is 2.40. The van der Waals surface area contributed by atoms with Gasteiger partial charge in [0.2, 0.25) is 0 Å². The third-order valence-corrected chi connectivity index (χ3v) is 2.82. The van der Waals surface area contributed by atoms with E-state index in [0.29, 0.717) is 6.61 Å². The van der Waals surface area contributed by atoms with Gasteiger partial charge in [0.05, 0.1) is 12.8 Å². The number of carbonyl (C=O) groups excluding carboxylic acids is 1. The number of amides is 1. The molecule has 1 rings (SSSR count). The largest absolute Gasteiger partial charge is 0.449 e. The first-order valence-electron chi connectivity index (χ1n) is 4.80. The molecule has 0 saturated heterocycles. The summed E-state index contributed by atoms with van der Waals surface area (Å²) < 4.78 is 4.65. The van der Waals surface area contributed by atoms with Gasteiger partial charge in [0, 0.05) is 9.75 Å². The molecule has 0 aliphatic rings. The van der Waals surface area contributed by atoms with Crippen LogP contribution in [-0.2, 0) is 11.2 Å². The lowest BCUT2D eigenvalue weighted by Gasteiger charge is -1.97. The second-order valence-corrected chi connectivity index (χ2v) is 3.95. The summed E-state index contributed by atoms with van der Waals surface area (Å²) in [6.45, 7) is 4.19. The molecule has 0 radical (unpaired) electrons. The van der Waals surface area contributed by atoms with Gasteiger partial charge in [-0.2, -0.15) is 5.10 Å². The van der Waals surface area contributed by atoms with Crippen molar-refractivity contribution in [1.82, 2.24) is 5.43 Å². The summed E-state index contributed by atoms with van der Waals surface area (Å²) in [7, 11) is 0. The fourth-order valence-electron chi connectivity index (χ4n) is 0.966. The van der Waals surface area contributed by atoms with Crippen molar-refractivity contribution in [3.05, 3.63) is 21.9 Å². The van der Waals surface area contributed by atoms with Gasteiger partial charge >= 0.3 is 6.09 Å². The predicted molar refractivity (Wildman–Crippen MR) is 61.4 cm³/mol. The Bertz CT molecular complexity index is 347. The smallest absolute Gasteiger partial charge is 0.427 e. The van der Waals surface area contributed by atoms with E-state index in [0.717, 1.165) is 11.3 Å². The van der Waals surface area contributed by atoms with Crippen LogP contribution in [0.4, 0.5) is 4.79 Å². The van der Waals surface area contributed by atoms with E-state index in [1.807, 2.05) is 6.07 Å². The van der Waals surface area contributed by atoms with Crippen LogP contribution in [0.1, 0.15) is 23.6 Å². The number of nitrogens with zero attached hydrogens (tertiary/aromatic N) is 1. The SMILES string of the molecule is CCOC(=O)N/N=C/c1ccc(CC)s1. The maximum atomic E-state index is 10.9. The highest BCUT2D eigenvalue weighted by Gasteiger charge is 1.97. The molecule has 0 aliphatic carbocycles. The summed E-state index contributed by atoms with van der Waals surface area (Å²) in [6.07, 6.45) is 2.10. The molecule has 0 bridgehead atoms. The summed E-state index contributed by atoms with van der Waals surface area (Å²) in [5.41, 5.74) is 2.27. The lowest BCUT2D eigenvalue weighted by Crippen LogP contribution is -2.18. The molecule has 1 N–H and O–H groups in total. The van der Waals surface area contributed by atoms with Crippen LogP contribution >= 0.6 is 11.3 Å². The minimum Gasteiger partial charge on any atom is -0.449 e.